The van der Waals surface area contributed by atoms with Crippen molar-refractivity contribution >= 4 is 0 Å². The SMILES string of the molecule is CC#CCCC(O)C(c1ccccc1)C(C)CC. The number of rotatable bonds is 6. The summed E-state index contributed by atoms with van der Waals surface area (Å²) in [6.45, 7) is 6.24. The molecule has 0 fully saturated rings. The molecule has 0 saturated heterocycles. The van der Waals surface area contributed by atoms with Crippen LogP contribution in [0.25, 0.3) is 0 Å². The maximum absolute atomic E-state index is 10.4. The van der Waals surface area contributed by atoms with Crippen molar-refractivity contribution in [2.45, 2.75) is 52.1 Å². The third kappa shape index (κ3) is 4.20. The fourth-order valence-corrected chi connectivity index (χ4v) is 2.38. The van der Waals surface area contributed by atoms with Crippen LogP contribution in [0.4, 0.5) is 0 Å². The summed E-state index contributed by atoms with van der Waals surface area (Å²) < 4.78 is 0. The van der Waals surface area contributed by atoms with Crippen molar-refractivity contribution in [3.05, 3.63) is 35.9 Å². The lowest BCUT2D eigenvalue weighted by atomic mass is 9.80. The standard InChI is InChI=1S/C17H24O/c1-4-6-8-13-16(18)17(14(3)5-2)15-11-9-7-10-12-15/h7,9-12,14,16-18H,5,8,13H2,1-3H3. The summed E-state index contributed by atoms with van der Waals surface area (Å²) in [5.74, 6) is 6.62. The first kappa shape index (κ1) is 14.8. The maximum Gasteiger partial charge on any atom is 0.0620 e. The predicted octanol–water partition coefficient (Wildman–Crippen LogP) is 3.98. The van der Waals surface area contributed by atoms with Gasteiger partial charge in [-0.1, -0.05) is 50.6 Å². The molecule has 0 aliphatic rings. The Bertz CT molecular complexity index is 385. The number of hydrogen-bond acceptors (Lipinski definition) is 1. The molecule has 0 saturated carbocycles. The molecule has 0 heterocycles. The van der Waals surface area contributed by atoms with E-state index in [0.717, 1.165) is 19.3 Å². The summed E-state index contributed by atoms with van der Waals surface area (Å²) in [5, 5.41) is 10.4. The molecule has 1 aromatic rings. The molecule has 18 heavy (non-hydrogen) atoms. The minimum atomic E-state index is -0.303. The highest BCUT2D eigenvalue weighted by Crippen LogP contribution is 2.31. The van der Waals surface area contributed by atoms with Gasteiger partial charge in [0.15, 0.2) is 0 Å². The average molecular weight is 244 g/mol. The van der Waals surface area contributed by atoms with Crippen LogP contribution in [-0.4, -0.2) is 11.2 Å². The highest BCUT2D eigenvalue weighted by atomic mass is 16.3. The predicted molar refractivity (Wildman–Crippen MR) is 77.3 cm³/mol. The Morgan fingerprint density at radius 1 is 1.22 bits per heavy atom. The lowest BCUT2D eigenvalue weighted by Crippen LogP contribution is -2.24. The number of hydrogen-bond donors (Lipinski definition) is 1. The van der Waals surface area contributed by atoms with Crippen molar-refractivity contribution in [1.82, 2.24) is 0 Å². The average Bonchev–Trinajstić information content (AvgIpc) is 2.40. The summed E-state index contributed by atoms with van der Waals surface area (Å²) in [7, 11) is 0. The smallest absolute Gasteiger partial charge is 0.0620 e. The Labute approximate surface area is 111 Å². The topological polar surface area (TPSA) is 20.2 Å². The molecule has 0 aliphatic heterocycles. The molecule has 3 unspecified atom stereocenters. The van der Waals surface area contributed by atoms with Crippen LogP contribution < -0.4 is 0 Å². The minimum absolute atomic E-state index is 0.217. The highest BCUT2D eigenvalue weighted by Gasteiger charge is 2.25. The zero-order chi connectivity index (χ0) is 13.4. The van der Waals surface area contributed by atoms with Gasteiger partial charge in [-0.2, -0.15) is 0 Å². The van der Waals surface area contributed by atoms with Crippen molar-refractivity contribution < 1.29 is 5.11 Å². The first-order chi connectivity index (χ1) is 8.70. The molecule has 3 atom stereocenters. The van der Waals surface area contributed by atoms with Gasteiger partial charge >= 0.3 is 0 Å². The monoisotopic (exact) mass is 244 g/mol. The van der Waals surface area contributed by atoms with Crippen molar-refractivity contribution in [3.8, 4) is 11.8 Å². The Morgan fingerprint density at radius 2 is 1.89 bits per heavy atom. The second-order valence-electron chi connectivity index (χ2n) is 4.85. The molecule has 1 aromatic carbocycles. The summed E-state index contributed by atoms with van der Waals surface area (Å²) in [4.78, 5) is 0. The van der Waals surface area contributed by atoms with Gasteiger partial charge < -0.3 is 5.11 Å². The first-order valence-electron chi connectivity index (χ1n) is 6.83. The van der Waals surface area contributed by atoms with E-state index in [9.17, 15) is 5.11 Å². The third-order valence-corrected chi connectivity index (χ3v) is 3.60. The van der Waals surface area contributed by atoms with Gasteiger partial charge in [0.05, 0.1) is 6.10 Å². The molecule has 0 bridgehead atoms. The van der Waals surface area contributed by atoms with Gasteiger partial charge in [0.25, 0.3) is 0 Å². The molecule has 0 amide bonds. The molecular formula is C17H24O. The van der Waals surface area contributed by atoms with Crippen LogP contribution in [0.3, 0.4) is 0 Å². The summed E-state index contributed by atoms with van der Waals surface area (Å²) in [5.41, 5.74) is 1.24. The Kier molecular flexibility index (Phi) is 6.54. The van der Waals surface area contributed by atoms with Gasteiger partial charge in [-0.3, -0.25) is 0 Å². The van der Waals surface area contributed by atoms with Gasteiger partial charge in [-0.15, -0.1) is 11.8 Å². The molecule has 1 rings (SSSR count). The van der Waals surface area contributed by atoms with Gasteiger partial charge in [0.2, 0.25) is 0 Å². The van der Waals surface area contributed by atoms with Crippen LogP contribution in [0.5, 0.6) is 0 Å². The number of aliphatic hydroxyl groups is 1. The van der Waals surface area contributed by atoms with E-state index in [1.54, 1.807) is 0 Å². The molecule has 0 spiro atoms. The fraction of sp³-hybridized carbons (Fsp3) is 0.529. The third-order valence-electron chi connectivity index (χ3n) is 3.60. The second-order valence-corrected chi connectivity index (χ2v) is 4.85. The van der Waals surface area contributed by atoms with E-state index in [1.165, 1.54) is 5.56 Å². The lowest BCUT2D eigenvalue weighted by molar-refractivity contribution is 0.110. The van der Waals surface area contributed by atoms with Crippen LogP contribution in [0.15, 0.2) is 30.3 Å². The van der Waals surface area contributed by atoms with Crippen molar-refractivity contribution in [3.63, 3.8) is 0 Å². The van der Waals surface area contributed by atoms with E-state index in [0.29, 0.717) is 5.92 Å². The summed E-state index contributed by atoms with van der Waals surface area (Å²) in [6, 6.07) is 10.3. The van der Waals surface area contributed by atoms with Crippen LogP contribution in [-0.2, 0) is 0 Å². The van der Waals surface area contributed by atoms with Crippen LogP contribution in [0.1, 0.15) is 51.5 Å². The van der Waals surface area contributed by atoms with Crippen LogP contribution in [0.2, 0.25) is 0 Å². The molecular weight excluding hydrogens is 220 g/mol. The Hall–Kier alpha value is -1.26. The minimum Gasteiger partial charge on any atom is -0.392 e. The quantitative estimate of drug-likeness (QED) is 0.750. The first-order valence-corrected chi connectivity index (χ1v) is 6.83. The van der Waals surface area contributed by atoms with Gasteiger partial charge in [0, 0.05) is 12.3 Å². The van der Waals surface area contributed by atoms with E-state index < -0.39 is 0 Å². The maximum atomic E-state index is 10.4. The molecule has 0 aromatic heterocycles. The molecule has 1 nitrogen and oxygen atoms in total. The van der Waals surface area contributed by atoms with E-state index in [2.05, 4.69) is 37.8 Å². The van der Waals surface area contributed by atoms with E-state index >= 15 is 0 Å². The van der Waals surface area contributed by atoms with E-state index in [-0.39, 0.29) is 12.0 Å². The normalized spacial score (nSPS) is 15.3. The lowest BCUT2D eigenvalue weighted by Gasteiger charge is -2.28. The summed E-state index contributed by atoms with van der Waals surface area (Å²) in [6.07, 6.45) is 2.31. The van der Waals surface area contributed by atoms with Crippen molar-refractivity contribution in [2.24, 2.45) is 5.92 Å². The fourth-order valence-electron chi connectivity index (χ4n) is 2.38. The van der Waals surface area contributed by atoms with Gasteiger partial charge in [-0.05, 0) is 24.8 Å². The van der Waals surface area contributed by atoms with E-state index in [1.807, 2.05) is 25.1 Å². The molecule has 1 heteroatoms. The molecule has 98 valence electrons. The zero-order valence-electron chi connectivity index (χ0n) is 11.7. The number of aliphatic hydroxyl groups excluding tert-OH is 1. The van der Waals surface area contributed by atoms with Gasteiger partial charge in [0.1, 0.15) is 0 Å². The highest BCUT2D eigenvalue weighted by molar-refractivity contribution is 5.21. The second kappa shape index (κ2) is 7.95. The van der Waals surface area contributed by atoms with Crippen molar-refractivity contribution in [2.75, 3.05) is 0 Å². The zero-order valence-corrected chi connectivity index (χ0v) is 11.7. The van der Waals surface area contributed by atoms with Crippen LogP contribution >= 0.6 is 0 Å². The molecule has 0 aliphatic carbocycles. The Morgan fingerprint density at radius 3 is 2.44 bits per heavy atom. The van der Waals surface area contributed by atoms with Crippen LogP contribution in [0, 0.1) is 17.8 Å². The van der Waals surface area contributed by atoms with E-state index in [4.69, 9.17) is 0 Å². The summed E-state index contributed by atoms with van der Waals surface area (Å²) >= 11 is 0. The molecule has 1 N–H and O–H groups in total. The Balaban J connectivity index is 2.80. The largest absolute Gasteiger partial charge is 0.392 e. The molecule has 0 radical (unpaired) electrons. The van der Waals surface area contributed by atoms with Gasteiger partial charge in [-0.25, -0.2) is 0 Å². The van der Waals surface area contributed by atoms with Crippen molar-refractivity contribution in [1.29, 1.82) is 0 Å². The number of benzene rings is 1.